The molecule has 174 valence electrons. The van der Waals surface area contributed by atoms with Crippen LogP contribution in [0.25, 0.3) is 0 Å². The largest absolute Gasteiger partial charge is 0.492 e. The van der Waals surface area contributed by atoms with E-state index < -0.39 is 0 Å². The van der Waals surface area contributed by atoms with Crippen LogP contribution in [0.2, 0.25) is 0 Å². The zero-order chi connectivity index (χ0) is 22.1. The Labute approximate surface area is 210 Å². The molecule has 0 radical (unpaired) electrons. The van der Waals surface area contributed by atoms with Gasteiger partial charge in [0.25, 0.3) is 0 Å². The van der Waals surface area contributed by atoms with Crippen molar-refractivity contribution in [3.8, 4) is 5.75 Å². The van der Waals surface area contributed by atoms with Crippen LogP contribution in [-0.2, 0) is 23.5 Å². The summed E-state index contributed by atoms with van der Waals surface area (Å²) in [6.07, 6.45) is 3.24. The number of hydrogen-bond acceptors (Lipinski definition) is 4. The molecule has 3 N–H and O–H groups in total. The molecule has 1 aliphatic rings. The smallest absolute Gasteiger partial charge is 0.224 e. The second-order valence-electron chi connectivity index (χ2n) is 7.18. The minimum absolute atomic E-state index is 0. The normalized spacial score (nSPS) is 13.0. The lowest BCUT2D eigenvalue weighted by atomic mass is 10.0. The van der Waals surface area contributed by atoms with Crippen molar-refractivity contribution in [2.45, 2.75) is 32.1 Å². The van der Waals surface area contributed by atoms with E-state index in [4.69, 9.17) is 4.74 Å². The lowest BCUT2D eigenvalue weighted by molar-refractivity contribution is -0.116. The Bertz CT molecular complexity index is 942. The molecule has 0 aliphatic carbocycles. The Morgan fingerprint density at radius 3 is 2.81 bits per heavy atom. The van der Waals surface area contributed by atoms with E-state index in [1.807, 2.05) is 31.4 Å². The summed E-state index contributed by atoms with van der Waals surface area (Å²) in [5.41, 5.74) is 3.95. The van der Waals surface area contributed by atoms with Gasteiger partial charge >= 0.3 is 0 Å². The van der Waals surface area contributed by atoms with E-state index in [2.05, 4.69) is 20.9 Å². The molecule has 0 atom stereocenters. The summed E-state index contributed by atoms with van der Waals surface area (Å²) in [5, 5.41) is 9.37. The molecule has 0 fully saturated rings. The van der Waals surface area contributed by atoms with E-state index >= 15 is 0 Å². The van der Waals surface area contributed by atoms with Gasteiger partial charge in [-0.1, -0.05) is 6.07 Å². The van der Waals surface area contributed by atoms with Crippen LogP contribution >= 0.6 is 35.7 Å². The summed E-state index contributed by atoms with van der Waals surface area (Å²) in [4.78, 5) is 16.1. The van der Waals surface area contributed by atoms with Crippen LogP contribution in [-0.4, -0.2) is 37.8 Å². The summed E-state index contributed by atoms with van der Waals surface area (Å²) >= 11 is 1.66. The van der Waals surface area contributed by atoms with Gasteiger partial charge in [0.2, 0.25) is 5.91 Å². The number of guanidine groups is 1. The maximum Gasteiger partial charge on any atom is 0.224 e. The summed E-state index contributed by atoms with van der Waals surface area (Å²) in [5.74, 6) is 2.07. The first-order valence-electron chi connectivity index (χ1n) is 10.4. The van der Waals surface area contributed by atoms with E-state index in [0.717, 1.165) is 46.8 Å². The van der Waals surface area contributed by atoms with Crippen LogP contribution in [0.3, 0.4) is 0 Å². The fraction of sp³-hybridized carbons (Fsp3) is 0.391. The molecule has 6 nitrogen and oxygen atoms in total. The van der Waals surface area contributed by atoms with Crippen LogP contribution in [0.5, 0.6) is 5.75 Å². The highest BCUT2D eigenvalue weighted by atomic mass is 127. The predicted octanol–water partition coefficient (Wildman–Crippen LogP) is 4.33. The van der Waals surface area contributed by atoms with Crippen molar-refractivity contribution in [2.75, 3.05) is 31.3 Å². The van der Waals surface area contributed by atoms with E-state index in [9.17, 15) is 9.18 Å². The number of halogens is 2. The average Bonchev–Trinajstić information content (AvgIpc) is 2.76. The molecule has 0 aromatic heterocycles. The zero-order valence-corrected chi connectivity index (χ0v) is 21.5. The van der Waals surface area contributed by atoms with E-state index in [1.54, 1.807) is 23.9 Å². The molecule has 0 spiro atoms. The Morgan fingerprint density at radius 1 is 1.19 bits per heavy atom. The van der Waals surface area contributed by atoms with Gasteiger partial charge in [0.05, 0.1) is 13.1 Å². The number of amides is 1. The predicted molar refractivity (Wildman–Crippen MR) is 141 cm³/mol. The Balaban J connectivity index is 0.00000363. The van der Waals surface area contributed by atoms with Crippen molar-refractivity contribution >= 4 is 53.3 Å². The number of nitrogens with zero attached hydrogens (tertiary/aromatic N) is 1. The number of anilines is 1. The zero-order valence-electron chi connectivity index (χ0n) is 18.4. The maximum atomic E-state index is 13.5. The van der Waals surface area contributed by atoms with Gasteiger partial charge in [-0.2, -0.15) is 11.8 Å². The second-order valence-corrected chi connectivity index (χ2v) is 8.05. The standard InChI is InChI=1S/C23H29FN4O2S.HI/c1-3-25-23(27-14-17-4-6-19(24)12-18(17)15-31-2)26-10-11-30-20-7-8-21-16(13-20)5-9-22(29)28-21;/h4,6-8,12-13H,3,5,9-11,14-15H2,1-2H3,(H,28,29)(H2,25,26,27);1H. The third-order valence-corrected chi connectivity index (χ3v) is 5.46. The minimum atomic E-state index is -0.219. The Kier molecular flexibility index (Phi) is 11.1. The van der Waals surface area contributed by atoms with Gasteiger partial charge in [-0.3, -0.25) is 4.79 Å². The number of carbonyl (C=O) groups excluding carboxylic acids is 1. The van der Waals surface area contributed by atoms with E-state index in [1.165, 1.54) is 6.07 Å². The van der Waals surface area contributed by atoms with Crippen molar-refractivity contribution in [1.29, 1.82) is 0 Å². The first kappa shape index (κ1) is 26.2. The molecule has 32 heavy (non-hydrogen) atoms. The van der Waals surface area contributed by atoms with Crippen LogP contribution in [0.1, 0.15) is 30.0 Å². The third kappa shape index (κ3) is 7.84. The summed E-state index contributed by atoms with van der Waals surface area (Å²) in [6.45, 7) is 4.29. The first-order valence-corrected chi connectivity index (χ1v) is 11.8. The Hall–Kier alpha value is -2.01. The van der Waals surface area contributed by atoms with Crippen LogP contribution in [0, 0.1) is 5.82 Å². The summed E-state index contributed by atoms with van der Waals surface area (Å²) in [6, 6.07) is 10.6. The lowest BCUT2D eigenvalue weighted by Gasteiger charge is -2.18. The van der Waals surface area contributed by atoms with E-state index in [-0.39, 0.29) is 35.7 Å². The fourth-order valence-electron chi connectivity index (χ4n) is 3.33. The fourth-order valence-corrected chi connectivity index (χ4v) is 3.91. The van der Waals surface area contributed by atoms with Crippen molar-refractivity contribution in [2.24, 2.45) is 4.99 Å². The molecule has 0 bridgehead atoms. The number of aliphatic imine (C=N–C) groups is 1. The van der Waals surface area contributed by atoms with Gasteiger partial charge < -0.3 is 20.7 Å². The van der Waals surface area contributed by atoms with Crippen molar-refractivity contribution in [3.05, 3.63) is 58.9 Å². The molecule has 2 aromatic carbocycles. The summed E-state index contributed by atoms with van der Waals surface area (Å²) in [7, 11) is 0. The molecular formula is C23H30FIN4O2S. The number of thioether (sulfide) groups is 1. The molecule has 0 saturated carbocycles. The molecule has 1 amide bonds. The van der Waals surface area contributed by atoms with Crippen LogP contribution in [0.4, 0.5) is 10.1 Å². The lowest BCUT2D eigenvalue weighted by Crippen LogP contribution is -2.39. The topological polar surface area (TPSA) is 74.8 Å². The van der Waals surface area contributed by atoms with Gasteiger partial charge in [0, 0.05) is 24.4 Å². The third-order valence-electron chi connectivity index (χ3n) is 4.86. The minimum Gasteiger partial charge on any atom is -0.492 e. The molecule has 1 heterocycles. The number of fused-ring (bicyclic) bond motifs is 1. The number of carbonyl (C=O) groups is 1. The molecule has 1 aliphatic heterocycles. The molecular weight excluding hydrogens is 542 g/mol. The number of nitrogens with one attached hydrogen (secondary N) is 3. The van der Waals surface area contributed by atoms with Crippen molar-refractivity contribution in [3.63, 3.8) is 0 Å². The van der Waals surface area contributed by atoms with Crippen molar-refractivity contribution < 1.29 is 13.9 Å². The van der Waals surface area contributed by atoms with Gasteiger partial charge in [0.15, 0.2) is 5.96 Å². The number of rotatable bonds is 9. The van der Waals surface area contributed by atoms with Gasteiger partial charge in [0.1, 0.15) is 18.2 Å². The maximum absolute atomic E-state index is 13.5. The first-order chi connectivity index (χ1) is 15.1. The number of hydrogen-bond donors (Lipinski definition) is 3. The van der Waals surface area contributed by atoms with Crippen LogP contribution < -0.4 is 20.7 Å². The number of aryl methyl sites for hydroxylation is 1. The van der Waals surface area contributed by atoms with Gasteiger partial charge in [-0.05, 0) is 66.6 Å². The molecule has 2 aromatic rings. The van der Waals surface area contributed by atoms with E-state index in [0.29, 0.717) is 32.1 Å². The average molecular weight is 572 g/mol. The highest BCUT2D eigenvalue weighted by Crippen LogP contribution is 2.26. The molecule has 9 heteroatoms. The number of ether oxygens (including phenoxy) is 1. The van der Waals surface area contributed by atoms with Gasteiger partial charge in [-0.15, -0.1) is 24.0 Å². The highest BCUT2D eigenvalue weighted by Gasteiger charge is 2.15. The Morgan fingerprint density at radius 2 is 2.03 bits per heavy atom. The molecule has 0 saturated heterocycles. The second kappa shape index (κ2) is 13.5. The highest BCUT2D eigenvalue weighted by molar-refractivity contribution is 14.0. The SMILES string of the molecule is CCNC(=NCc1ccc(F)cc1CSC)NCCOc1ccc2c(c1)CCC(=O)N2.I. The monoisotopic (exact) mass is 572 g/mol. The van der Waals surface area contributed by atoms with Crippen molar-refractivity contribution in [1.82, 2.24) is 10.6 Å². The summed E-state index contributed by atoms with van der Waals surface area (Å²) < 4.78 is 19.4. The molecule has 0 unspecified atom stereocenters. The van der Waals surface area contributed by atoms with Crippen LogP contribution in [0.15, 0.2) is 41.4 Å². The number of benzene rings is 2. The molecule has 3 rings (SSSR count). The van der Waals surface area contributed by atoms with Gasteiger partial charge in [-0.25, -0.2) is 9.38 Å². The quantitative estimate of drug-likeness (QED) is 0.181.